The Morgan fingerprint density at radius 3 is 2.77 bits per heavy atom. The smallest absolute Gasteiger partial charge is 0.427 e. The number of carbonyl (C=O) groups is 5. The molecule has 17 nitrogen and oxygen atoms in total. The van der Waals surface area contributed by atoms with E-state index in [0.717, 1.165) is 21.2 Å². The van der Waals surface area contributed by atoms with Gasteiger partial charge in [-0.2, -0.15) is 5.01 Å². The zero-order valence-electron chi connectivity index (χ0n) is 22.6. The van der Waals surface area contributed by atoms with Crippen molar-refractivity contribution in [3.63, 3.8) is 0 Å². The zero-order valence-corrected chi connectivity index (χ0v) is 25.8. The average Bonchev–Trinajstić information content (AvgIpc) is 3.63. The minimum atomic E-state index is -1.30. The molecule has 5 rings (SSSR count). The second-order valence-electron chi connectivity index (χ2n) is 9.06. The molecule has 0 unspecified atom stereocenters. The number of nitrogens with zero attached hydrogens (tertiary/aromatic N) is 6. The Morgan fingerprint density at radius 2 is 2.09 bits per heavy atom. The Bertz CT molecular complexity index is 1610. The molecule has 5 heterocycles. The summed E-state index contributed by atoms with van der Waals surface area (Å²) in [4.78, 5) is 76.0. The number of amides is 4. The summed E-state index contributed by atoms with van der Waals surface area (Å²) in [6.45, 7) is 1.74. The molecule has 1 saturated heterocycles. The SMILES string of the molecule is CO/N=C(\C(=O)N[C@@H]1C(=O)N2C(C(=O)O)=C(CSC3=CC(C)=NC4=CN(C(=O)O)NN43)CS[C@H]12)c1csc(NC(=O)CCl)n1. The van der Waals surface area contributed by atoms with Gasteiger partial charge in [-0.3, -0.25) is 19.3 Å². The maximum absolute atomic E-state index is 13.2. The molecule has 4 aliphatic heterocycles. The van der Waals surface area contributed by atoms with E-state index in [-0.39, 0.29) is 39.6 Å². The van der Waals surface area contributed by atoms with Crippen LogP contribution in [0.5, 0.6) is 0 Å². The molecule has 4 aliphatic rings. The molecule has 232 valence electrons. The summed E-state index contributed by atoms with van der Waals surface area (Å²) < 4.78 is 0. The van der Waals surface area contributed by atoms with E-state index in [0.29, 0.717) is 22.1 Å². The first kappa shape index (κ1) is 31.3. The number of alkyl halides is 1. The zero-order chi connectivity index (χ0) is 31.7. The number of hydrogen-bond acceptors (Lipinski definition) is 14. The first-order valence-electron chi connectivity index (χ1n) is 12.4. The highest BCUT2D eigenvalue weighted by atomic mass is 35.5. The van der Waals surface area contributed by atoms with Gasteiger partial charge in [0, 0.05) is 22.6 Å². The molecule has 1 aromatic rings. The molecule has 1 aromatic heterocycles. The monoisotopic (exact) mass is 683 g/mol. The molecule has 5 N–H and O–H groups in total. The lowest BCUT2D eigenvalue weighted by Gasteiger charge is -2.49. The summed E-state index contributed by atoms with van der Waals surface area (Å²) >= 11 is 9.05. The number of β-lactam (4-membered cyclic amide) rings is 1. The first-order valence-corrected chi connectivity index (χ1v) is 15.8. The van der Waals surface area contributed by atoms with Crippen LogP contribution in [-0.4, -0.2) is 107 Å². The standard InChI is InChI=1S/C23H22ClN9O8S3/c1-9-3-14(33-12(25-9)5-31(30-33)23(39)40)42-6-10-7-43-20-16(19(36)32(20)17(10)21(37)38)28-18(35)15(29-41-2)11-8-44-22(26-11)27-13(34)4-24/h3,5,8,16,20,30H,4,6-7H2,1-2H3,(H,28,35)(H,37,38)(H,39,40)(H,26,27,34)/b29-15-/t16-,20-/m1/s1. The van der Waals surface area contributed by atoms with Crippen LogP contribution in [0.15, 0.2) is 49.9 Å². The van der Waals surface area contributed by atoms with Crippen LogP contribution in [0.1, 0.15) is 12.6 Å². The third-order valence-corrected chi connectivity index (χ3v) is 9.60. The van der Waals surface area contributed by atoms with Gasteiger partial charge < -0.3 is 25.7 Å². The van der Waals surface area contributed by atoms with Crippen molar-refractivity contribution in [3.8, 4) is 0 Å². The van der Waals surface area contributed by atoms with Gasteiger partial charge in [-0.25, -0.2) is 24.6 Å². The molecule has 0 radical (unpaired) electrons. The number of carboxylic acids is 1. The van der Waals surface area contributed by atoms with Gasteiger partial charge in [0.2, 0.25) is 5.91 Å². The number of carboxylic acid groups (broad SMARTS) is 2. The molecular formula is C23H22ClN9O8S3. The topological polar surface area (TPSA) is 218 Å². The number of halogens is 1. The van der Waals surface area contributed by atoms with Gasteiger partial charge in [-0.15, -0.1) is 52.0 Å². The van der Waals surface area contributed by atoms with E-state index in [1.165, 1.54) is 47.2 Å². The molecule has 0 saturated carbocycles. The molecule has 0 aromatic carbocycles. The van der Waals surface area contributed by atoms with Crippen molar-refractivity contribution >= 4 is 92.8 Å². The van der Waals surface area contributed by atoms with E-state index in [1.807, 2.05) is 0 Å². The van der Waals surface area contributed by atoms with Crippen LogP contribution >= 0.6 is 46.5 Å². The van der Waals surface area contributed by atoms with E-state index >= 15 is 0 Å². The summed E-state index contributed by atoms with van der Waals surface area (Å²) in [5, 5.41) is 32.0. The van der Waals surface area contributed by atoms with Gasteiger partial charge in [-0.1, -0.05) is 5.16 Å². The number of anilines is 1. The lowest BCUT2D eigenvalue weighted by atomic mass is 10.0. The van der Waals surface area contributed by atoms with Gasteiger partial charge >= 0.3 is 12.1 Å². The van der Waals surface area contributed by atoms with Gasteiger partial charge in [0.1, 0.15) is 35.8 Å². The molecule has 2 atom stereocenters. The number of hydrazine groups is 2. The quantitative estimate of drug-likeness (QED) is 0.101. The number of oxime groups is 1. The summed E-state index contributed by atoms with van der Waals surface area (Å²) in [7, 11) is 1.23. The van der Waals surface area contributed by atoms with Crippen LogP contribution in [0.2, 0.25) is 0 Å². The molecular weight excluding hydrogens is 662 g/mol. The van der Waals surface area contributed by atoms with E-state index in [2.05, 4.69) is 31.3 Å². The van der Waals surface area contributed by atoms with Crippen molar-refractivity contribution in [2.45, 2.75) is 18.3 Å². The summed E-state index contributed by atoms with van der Waals surface area (Å²) in [6, 6.07) is -1.05. The van der Waals surface area contributed by atoms with Crippen LogP contribution in [-0.2, 0) is 24.0 Å². The van der Waals surface area contributed by atoms with E-state index in [9.17, 15) is 34.2 Å². The number of hydrogen-bond donors (Lipinski definition) is 5. The van der Waals surface area contributed by atoms with E-state index < -0.39 is 41.2 Å². The molecule has 0 spiro atoms. The molecule has 0 aliphatic carbocycles. The highest BCUT2D eigenvalue weighted by Gasteiger charge is 2.54. The second kappa shape index (κ2) is 12.9. The number of allylic oxidation sites excluding steroid dienone is 1. The third-order valence-electron chi connectivity index (χ3n) is 6.17. The molecule has 44 heavy (non-hydrogen) atoms. The minimum Gasteiger partial charge on any atom is -0.477 e. The highest BCUT2D eigenvalue weighted by Crippen LogP contribution is 2.42. The lowest BCUT2D eigenvalue weighted by molar-refractivity contribution is -0.150. The van der Waals surface area contributed by atoms with Crippen molar-refractivity contribution in [2.24, 2.45) is 10.1 Å². The Hall–Kier alpha value is -4.11. The largest absolute Gasteiger partial charge is 0.477 e. The maximum Gasteiger partial charge on any atom is 0.427 e. The van der Waals surface area contributed by atoms with Crippen LogP contribution in [0.4, 0.5) is 9.93 Å². The maximum atomic E-state index is 13.2. The van der Waals surface area contributed by atoms with Crippen molar-refractivity contribution in [3.05, 3.63) is 45.5 Å². The summed E-state index contributed by atoms with van der Waals surface area (Å²) in [5.74, 6) is -2.70. The Kier molecular flexibility index (Phi) is 9.15. The van der Waals surface area contributed by atoms with Crippen LogP contribution in [0.3, 0.4) is 0 Å². The van der Waals surface area contributed by atoms with E-state index in [1.54, 1.807) is 13.0 Å². The van der Waals surface area contributed by atoms with Gasteiger partial charge in [0.05, 0.1) is 11.2 Å². The summed E-state index contributed by atoms with van der Waals surface area (Å²) in [6.07, 6.45) is 1.79. The number of fused-ring (bicyclic) bond motifs is 2. The first-order chi connectivity index (χ1) is 21.0. The van der Waals surface area contributed by atoms with Crippen molar-refractivity contribution in [1.29, 1.82) is 0 Å². The number of nitrogens with one attached hydrogen (secondary N) is 3. The van der Waals surface area contributed by atoms with Gasteiger partial charge in [-0.05, 0) is 18.6 Å². The predicted octanol–water partition coefficient (Wildman–Crippen LogP) is 0.973. The number of aromatic nitrogens is 1. The summed E-state index contributed by atoms with van der Waals surface area (Å²) in [5.41, 5.74) is 3.42. The number of thiazole rings is 1. The Balaban J connectivity index is 1.28. The number of aliphatic carboxylic acids is 1. The Labute approximate surface area is 265 Å². The van der Waals surface area contributed by atoms with Crippen LogP contribution < -0.4 is 16.2 Å². The highest BCUT2D eigenvalue weighted by molar-refractivity contribution is 8.03. The number of rotatable bonds is 10. The Morgan fingerprint density at radius 1 is 1.32 bits per heavy atom. The van der Waals surface area contributed by atoms with Crippen LogP contribution in [0.25, 0.3) is 0 Å². The number of aliphatic imine (C=N–C) groups is 1. The molecule has 1 fully saturated rings. The predicted molar refractivity (Wildman–Crippen MR) is 161 cm³/mol. The van der Waals surface area contributed by atoms with Crippen molar-refractivity contribution in [1.82, 2.24) is 30.8 Å². The fourth-order valence-corrected chi connectivity index (χ4v) is 7.65. The van der Waals surface area contributed by atoms with Crippen molar-refractivity contribution < 1.29 is 39.0 Å². The molecule has 0 bridgehead atoms. The minimum absolute atomic E-state index is 0.0823. The number of thioether (sulfide) groups is 2. The second-order valence-corrected chi connectivity index (χ2v) is 12.3. The van der Waals surface area contributed by atoms with E-state index in [4.69, 9.17) is 16.4 Å². The third kappa shape index (κ3) is 6.11. The lowest BCUT2D eigenvalue weighted by Crippen LogP contribution is -2.71. The van der Waals surface area contributed by atoms with Gasteiger partial charge in [0.25, 0.3) is 11.8 Å². The van der Waals surface area contributed by atoms with Gasteiger partial charge in [0.15, 0.2) is 16.7 Å². The van der Waals surface area contributed by atoms with Crippen molar-refractivity contribution in [2.75, 3.05) is 29.8 Å². The molecule has 4 amide bonds. The average molecular weight is 684 g/mol. The normalized spacial score (nSPS) is 21.1. The molecule has 21 heteroatoms. The fraction of sp³-hybridized carbons (Fsp3) is 0.304. The number of carbonyl (C=O) groups excluding carboxylic acids is 3. The van der Waals surface area contributed by atoms with Crippen LogP contribution in [0, 0.1) is 0 Å². The fourth-order valence-electron chi connectivity index (χ4n) is 4.32.